The summed E-state index contributed by atoms with van der Waals surface area (Å²) >= 11 is 0.814. The molecule has 0 bridgehead atoms. The Balaban J connectivity index is 1.33. The monoisotopic (exact) mass is 1190 g/mol. The maximum Gasteiger partial charge on any atom is 0.290 e. The number of methoxy groups -OCH3 is 1. The molecule has 436 valence electrons. The molecule has 8 rings (SSSR count). The number of nitrogens with zero attached hydrogens (tertiary/aromatic N) is 8. The summed E-state index contributed by atoms with van der Waals surface area (Å²) in [5, 5.41) is 36.5. The van der Waals surface area contributed by atoms with E-state index in [4.69, 9.17) is 42.4 Å². The Morgan fingerprint density at radius 3 is 2.04 bits per heavy atom. The average Bonchev–Trinajstić information content (AvgIpc) is 2.68. The van der Waals surface area contributed by atoms with Crippen LogP contribution in [0, 0.1) is 31.6 Å². The largest absolute Gasteiger partial charge is 0.497 e. The number of carbonyl (C=O) groups is 1. The van der Waals surface area contributed by atoms with Gasteiger partial charge in [-0.25, -0.2) is 14.6 Å². The van der Waals surface area contributed by atoms with Gasteiger partial charge in [-0.2, -0.15) is 10.2 Å². The van der Waals surface area contributed by atoms with Crippen molar-refractivity contribution in [3.63, 3.8) is 0 Å². The van der Waals surface area contributed by atoms with Gasteiger partial charge in [0, 0.05) is 18.2 Å². The van der Waals surface area contributed by atoms with E-state index in [-0.39, 0.29) is 63.8 Å². The molecule has 1 unspecified atom stereocenters. The first-order chi connectivity index (χ1) is 39.6. The molecule has 0 radical (unpaired) electrons. The molecular weight excluding hydrogens is 1120 g/mol. The quantitative estimate of drug-likeness (QED) is 0.0101. The van der Waals surface area contributed by atoms with Gasteiger partial charge >= 0.3 is 0 Å². The highest BCUT2D eigenvalue weighted by Gasteiger charge is 2.55. The van der Waals surface area contributed by atoms with Gasteiger partial charge in [0.25, 0.3) is 25.8 Å². The molecule has 1 amide bonds. The molecule has 7 aromatic rings. The highest BCUT2D eigenvalue weighted by molar-refractivity contribution is 7.99. The van der Waals surface area contributed by atoms with Gasteiger partial charge in [0.15, 0.2) is 26.8 Å². The normalized spacial score (nSPS) is 17.0. The summed E-state index contributed by atoms with van der Waals surface area (Å²) in [6.45, 7) is 18.3. The van der Waals surface area contributed by atoms with E-state index >= 15 is 0 Å². The van der Waals surface area contributed by atoms with Crippen LogP contribution in [0.2, 0.25) is 18.1 Å². The highest BCUT2D eigenvalue weighted by Crippen LogP contribution is 2.53. The van der Waals surface area contributed by atoms with Crippen LogP contribution in [0.3, 0.4) is 0 Å². The third-order valence-electron chi connectivity index (χ3n) is 14.3. The Hall–Kier alpha value is -7.23. The zero-order valence-electron chi connectivity index (χ0n) is 47.9. The number of nitriles is 1. The lowest BCUT2D eigenvalue weighted by Crippen LogP contribution is -2.50. The summed E-state index contributed by atoms with van der Waals surface area (Å²) in [5.41, 5.74) is 0.421. The number of ether oxygens (including phenoxy) is 4. The Bertz CT molecular complexity index is 3340. The van der Waals surface area contributed by atoms with Crippen LogP contribution in [0.25, 0.3) is 11.2 Å². The maximum atomic E-state index is 13.7. The second-order valence-corrected chi connectivity index (χ2v) is 28.8. The first kappa shape index (κ1) is 61.8. The SMILES string of the molecule is COc1ccc(C(OC[C@H]2O[C@@H](n3cnc4c(Sc5ccc([N+](=O)[O-])cc5[N+](=O)[O-])nc(NC(=O)COc5ccccc5)nc43)[C@H](O[Si](C)(C)C(C)(C)C)[C@@H]2OP(OCCC#N)N(C(C)C)C(C)C)(c2ccccc2)c2ccccc2)cc1. The van der Waals surface area contributed by atoms with E-state index in [2.05, 4.69) is 82.6 Å². The molecule has 0 spiro atoms. The van der Waals surface area contributed by atoms with Gasteiger partial charge in [-0.3, -0.25) is 34.9 Å². The van der Waals surface area contributed by atoms with Gasteiger partial charge in [-0.05, 0) is 92.8 Å². The lowest BCUT2D eigenvalue weighted by Gasteiger charge is -2.42. The Morgan fingerprint density at radius 2 is 1.47 bits per heavy atom. The molecular formula is C59H68N9O12PSSi. The van der Waals surface area contributed by atoms with Gasteiger partial charge in [-0.1, -0.05) is 124 Å². The van der Waals surface area contributed by atoms with Crippen molar-refractivity contribution in [3.05, 3.63) is 177 Å². The minimum atomic E-state index is -2.86. The van der Waals surface area contributed by atoms with Gasteiger partial charge in [0.2, 0.25) is 5.95 Å². The van der Waals surface area contributed by atoms with Crippen LogP contribution < -0.4 is 14.8 Å². The predicted octanol–water partition coefficient (Wildman–Crippen LogP) is 12.8. The van der Waals surface area contributed by atoms with E-state index in [1.54, 1.807) is 35.9 Å². The minimum absolute atomic E-state index is 0.00329. The second-order valence-electron chi connectivity index (χ2n) is 21.6. The number of amides is 1. The molecule has 3 heterocycles. The summed E-state index contributed by atoms with van der Waals surface area (Å²) in [4.78, 5) is 51.1. The number of carbonyl (C=O) groups excluding carboxylic acids is 1. The standard InChI is InChI=1S/C59H68N9O12PSSi/c1-39(2)66(40(3)4)81(77-34-20-33-60)79-52-48(36-76-59(41-21-14-11-15-22-41,42-23-16-12-17-24-42)43-27-30-45(74-8)31-28-43)78-56(53(52)80-83(9,10)58(5,6)7)65-38-61-51-54(65)63-57(62-50(69)37-75-46-25-18-13-19-26-46)64-55(51)82-49-32-29-44(67(70)71)35-47(49)68(72)73/h11-19,21-32,35,38-40,48,52-53,56H,20,34,36-37H2,1-10H3,(H,62,63,64,69)/t48-,52-,53-,56-,81?/m1/s1. The summed E-state index contributed by atoms with van der Waals surface area (Å²) in [6.07, 6.45) is -2.43. The summed E-state index contributed by atoms with van der Waals surface area (Å²) in [5.74, 6) is 0.259. The molecule has 1 aliphatic heterocycles. The number of rotatable bonds is 26. The zero-order valence-corrected chi connectivity index (χ0v) is 50.6. The molecule has 1 N–H and O–H groups in total. The fourth-order valence-corrected chi connectivity index (χ4v) is 13.4. The number of fused-ring (bicyclic) bond motifs is 1. The molecule has 21 nitrogen and oxygen atoms in total. The molecule has 83 heavy (non-hydrogen) atoms. The van der Waals surface area contributed by atoms with Crippen molar-refractivity contribution >= 4 is 63.0 Å². The average molecular weight is 1190 g/mol. The zero-order chi connectivity index (χ0) is 59.6. The number of para-hydroxylation sites is 1. The van der Waals surface area contributed by atoms with Crippen LogP contribution in [0.5, 0.6) is 11.5 Å². The van der Waals surface area contributed by atoms with Crippen molar-refractivity contribution in [1.82, 2.24) is 24.2 Å². The van der Waals surface area contributed by atoms with Crippen molar-refractivity contribution in [3.8, 4) is 17.6 Å². The molecule has 1 aliphatic rings. The van der Waals surface area contributed by atoms with Crippen molar-refractivity contribution in [1.29, 1.82) is 5.26 Å². The number of benzene rings is 5. The number of nitro benzene ring substituents is 2. The van der Waals surface area contributed by atoms with Crippen molar-refractivity contribution in [2.24, 2.45) is 0 Å². The van der Waals surface area contributed by atoms with Crippen molar-refractivity contribution in [2.75, 3.05) is 32.2 Å². The molecule has 0 saturated carbocycles. The molecule has 24 heteroatoms. The van der Waals surface area contributed by atoms with Crippen LogP contribution in [0.1, 0.15) is 77.8 Å². The van der Waals surface area contributed by atoms with E-state index in [1.165, 1.54) is 12.4 Å². The van der Waals surface area contributed by atoms with Crippen LogP contribution in [0.15, 0.2) is 150 Å². The first-order valence-electron chi connectivity index (χ1n) is 27.0. The smallest absolute Gasteiger partial charge is 0.290 e. The predicted molar refractivity (Wildman–Crippen MR) is 318 cm³/mol. The van der Waals surface area contributed by atoms with Crippen molar-refractivity contribution in [2.45, 2.75) is 125 Å². The molecule has 5 atom stereocenters. The van der Waals surface area contributed by atoms with E-state index in [1.807, 2.05) is 91.0 Å². The van der Waals surface area contributed by atoms with E-state index < -0.39 is 80.7 Å². The van der Waals surface area contributed by atoms with Crippen LogP contribution in [0.4, 0.5) is 17.3 Å². The van der Waals surface area contributed by atoms with Gasteiger partial charge in [-0.15, -0.1) is 0 Å². The Kier molecular flexibility index (Phi) is 20.1. The number of nitrogens with one attached hydrogen (secondary N) is 1. The summed E-state index contributed by atoms with van der Waals surface area (Å²) in [7, 11) is -3.21. The van der Waals surface area contributed by atoms with Crippen molar-refractivity contribution < 1.29 is 47.1 Å². The molecule has 0 aliphatic carbocycles. The number of imidazole rings is 1. The summed E-state index contributed by atoms with van der Waals surface area (Å²) in [6, 6.07) is 41.6. The lowest BCUT2D eigenvalue weighted by atomic mass is 9.80. The Morgan fingerprint density at radius 1 is 0.855 bits per heavy atom. The number of non-ortho nitro benzene ring substituents is 1. The van der Waals surface area contributed by atoms with E-state index in [9.17, 15) is 30.3 Å². The summed E-state index contributed by atoms with van der Waals surface area (Å²) < 4.78 is 51.9. The molecule has 2 aromatic heterocycles. The number of aromatic nitrogens is 4. The van der Waals surface area contributed by atoms with Gasteiger partial charge < -0.3 is 32.4 Å². The highest BCUT2D eigenvalue weighted by atomic mass is 32.2. The maximum absolute atomic E-state index is 13.7. The van der Waals surface area contributed by atoms with Gasteiger partial charge in [0.05, 0.1) is 59.9 Å². The topological polar surface area (TPSA) is 251 Å². The number of hydrogen-bond donors (Lipinski definition) is 1. The molecule has 5 aromatic carbocycles. The second kappa shape index (κ2) is 27.0. The van der Waals surface area contributed by atoms with Crippen LogP contribution in [-0.2, 0) is 33.3 Å². The number of anilines is 1. The fourth-order valence-electron chi connectivity index (χ4n) is 9.35. The third-order valence-corrected chi connectivity index (χ3v) is 21.9. The van der Waals surface area contributed by atoms with E-state index in [0.717, 1.165) is 40.6 Å². The Labute approximate surface area is 489 Å². The number of hydrogen-bond acceptors (Lipinski definition) is 18. The third kappa shape index (κ3) is 14.2. The fraction of sp³-hybridized carbons (Fsp3) is 0.373. The molecule has 1 fully saturated rings. The minimum Gasteiger partial charge on any atom is -0.497 e. The van der Waals surface area contributed by atoms with E-state index in [0.29, 0.717) is 11.5 Å². The molecule has 1 saturated heterocycles. The number of nitro groups is 2. The van der Waals surface area contributed by atoms with Crippen LogP contribution in [-0.4, -0.2) is 106 Å². The first-order valence-corrected chi connectivity index (χ1v) is 31.8. The lowest BCUT2D eigenvalue weighted by molar-refractivity contribution is -0.396. The van der Waals surface area contributed by atoms with Crippen LogP contribution >= 0.6 is 20.3 Å². The van der Waals surface area contributed by atoms with Gasteiger partial charge in [0.1, 0.15) is 46.0 Å².